The average Bonchev–Trinajstić information content (AvgIpc) is 2.41. The molecular formula is C15H30N2O. The lowest BCUT2D eigenvalue weighted by Crippen LogP contribution is -2.47. The van der Waals surface area contributed by atoms with E-state index < -0.39 is 0 Å². The highest BCUT2D eigenvalue weighted by atomic mass is 16.5. The minimum absolute atomic E-state index is 0.526. The van der Waals surface area contributed by atoms with Crippen molar-refractivity contribution in [2.45, 2.75) is 39.0 Å². The summed E-state index contributed by atoms with van der Waals surface area (Å²) >= 11 is 0. The summed E-state index contributed by atoms with van der Waals surface area (Å²) in [5.74, 6) is 0.856. The Morgan fingerprint density at radius 3 is 2.72 bits per heavy atom. The summed E-state index contributed by atoms with van der Waals surface area (Å²) in [7, 11) is 2.31. The van der Waals surface area contributed by atoms with Crippen molar-refractivity contribution in [3.8, 4) is 0 Å². The van der Waals surface area contributed by atoms with Crippen LogP contribution in [0.2, 0.25) is 0 Å². The maximum atomic E-state index is 5.44. The van der Waals surface area contributed by atoms with Crippen LogP contribution >= 0.6 is 0 Å². The van der Waals surface area contributed by atoms with Crippen LogP contribution in [0.1, 0.15) is 39.0 Å². The maximum absolute atomic E-state index is 5.44. The average molecular weight is 254 g/mol. The van der Waals surface area contributed by atoms with Crippen LogP contribution in [-0.2, 0) is 4.74 Å². The monoisotopic (exact) mass is 254 g/mol. The van der Waals surface area contributed by atoms with Gasteiger partial charge in [0.25, 0.3) is 0 Å². The van der Waals surface area contributed by atoms with Crippen LogP contribution in [0.4, 0.5) is 0 Å². The Kier molecular flexibility index (Phi) is 5.46. The van der Waals surface area contributed by atoms with E-state index in [2.05, 4.69) is 24.2 Å². The van der Waals surface area contributed by atoms with E-state index in [-0.39, 0.29) is 0 Å². The van der Waals surface area contributed by atoms with E-state index in [4.69, 9.17) is 4.74 Å². The topological polar surface area (TPSA) is 24.5 Å². The van der Waals surface area contributed by atoms with Gasteiger partial charge in [0.1, 0.15) is 0 Å². The van der Waals surface area contributed by atoms with Crippen LogP contribution < -0.4 is 5.32 Å². The zero-order valence-corrected chi connectivity index (χ0v) is 12.2. The Hall–Kier alpha value is -0.120. The normalized spacial score (nSPS) is 30.8. The molecule has 1 atom stereocenters. The van der Waals surface area contributed by atoms with E-state index in [9.17, 15) is 0 Å². The largest absolute Gasteiger partial charge is 0.381 e. The van der Waals surface area contributed by atoms with Gasteiger partial charge in [0.05, 0.1) is 0 Å². The minimum atomic E-state index is 0.526. The highest BCUT2D eigenvalue weighted by molar-refractivity contribution is 4.87. The standard InChI is InChI=1S/C15H30N2O/c1-3-15(7-4-8-16-12-15)13-17(2)11-14-5-9-18-10-6-14/h14,16H,3-13H2,1-2H3. The smallest absolute Gasteiger partial charge is 0.0469 e. The highest BCUT2D eigenvalue weighted by Gasteiger charge is 2.31. The lowest BCUT2D eigenvalue weighted by Gasteiger charge is -2.41. The summed E-state index contributed by atoms with van der Waals surface area (Å²) in [5, 5.41) is 3.59. The molecule has 2 fully saturated rings. The molecule has 3 heteroatoms. The molecule has 1 N–H and O–H groups in total. The fraction of sp³-hybridized carbons (Fsp3) is 1.00. The molecule has 0 aliphatic carbocycles. The zero-order valence-electron chi connectivity index (χ0n) is 12.2. The van der Waals surface area contributed by atoms with Gasteiger partial charge in [0, 0.05) is 32.8 Å². The van der Waals surface area contributed by atoms with Gasteiger partial charge in [-0.1, -0.05) is 6.92 Å². The molecule has 3 nitrogen and oxygen atoms in total. The molecule has 0 radical (unpaired) electrons. The number of nitrogens with one attached hydrogen (secondary N) is 1. The third kappa shape index (κ3) is 3.94. The molecule has 0 bridgehead atoms. The van der Waals surface area contributed by atoms with E-state index >= 15 is 0 Å². The molecular weight excluding hydrogens is 224 g/mol. The number of hydrogen-bond acceptors (Lipinski definition) is 3. The summed E-state index contributed by atoms with van der Waals surface area (Å²) in [6.45, 7) is 9.24. The first-order chi connectivity index (χ1) is 8.74. The molecule has 0 aromatic rings. The molecule has 2 saturated heterocycles. The predicted octanol–water partition coefficient (Wildman–Crippen LogP) is 2.12. The van der Waals surface area contributed by atoms with E-state index in [1.165, 1.54) is 58.3 Å². The number of ether oxygens (including phenoxy) is 1. The minimum Gasteiger partial charge on any atom is -0.381 e. The number of piperidine rings is 1. The van der Waals surface area contributed by atoms with Crippen molar-refractivity contribution in [3.63, 3.8) is 0 Å². The molecule has 106 valence electrons. The van der Waals surface area contributed by atoms with Gasteiger partial charge in [0.2, 0.25) is 0 Å². The third-order valence-electron chi connectivity index (χ3n) is 4.83. The van der Waals surface area contributed by atoms with Crippen molar-refractivity contribution in [2.24, 2.45) is 11.3 Å². The summed E-state index contributed by atoms with van der Waals surface area (Å²) in [6.07, 6.45) is 6.55. The van der Waals surface area contributed by atoms with Gasteiger partial charge in [-0.3, -0.25) is 0 Å². The second-order valence-corrected chi connectivity index (χ2v) is 6.39. The van der Waals surface area contributed by atoms with Crippen LogP contribution in [0, 0.1) is 11.3 Å². The van der Waals surface area contributed by atoms with Crippen molar-refractivity contribution in [1.82, 2.24) is 10.2 Å². The number of hydrogen-bond donors (Lipinski definition) is 1. The van der Waals surface area contributed by atoms with Crippen molar-refractivity contribution >= 4 is 0 Å². The predicted molar refractivity (Wildman–Crippen MR) is 75.9 cm³/mol. The van der Waals surface area contributed by atoms with Gasteiger partial charge < -0.3 is 15.0 Å². The Morgan fingerprint density at radius 1 is 1.33 bits per heavy atom. The highest BCUT2D eigenvalue weighted by Crippen LogP contribution is 2.31. The Morgan fingerprint density at radius 2 is 2.11 bits per heavy atom. The first kappa shape index (κ1) is 14.3. The molecule has 2 aliphatic heterocycles. The Labute approximate surface area is 112 Å². The zero-order chi connectivity index (χ0) is 12.8. The van der Waals surface area contributed by atoms with Crippen molar-refractivity contribution in [2.75, 3.05) is 46.4 Å². The molecule has 2 rings (SSSR count). The molecule has 0 aromatic carbocycles. The molecule has 2 heterocycles. The van der Waals surface area contributed by atoms with Gasteiger partial charge in [-0.25, -0.2) is 0 Å². The lowest BCUT2D eigenvalue weighted by molar-refractivity contribution is 0.0459. The van der Waals surface area contributed by atoms with Gasteiger partial charge in [-0.2, -0.15) is 0 Å². The molecule has 18 heavy (non-hydrogen) atoms. The summed E-state index contributed by atoms with van der Waals surface area (Å²) in [6, 6.07) is 0. The molecule has 0 amide bonds. The van der Waals surface area contributed by atoms with E-state index in [1.807, 2.05) is 0 Å². The van der Waals surface area contributed by atoms with Gasteiger partial charge in [-0.15, -0.1) is 0 Å². The molecule has 0 aromatic heterocycles. The fourth-order valence-electron chi connectivity index (χ4n) is 3.59. The first-order valence-electron chi connectivity index (χ1n) is 7.71. The Bertz CT molecular complexity index is 233. The summed E-state index contributed by atoms with van der Waals surface area (Å²) < 4.78 is 5.44. The van der Waals surface area contributed by atoms with E-state index in [0.717, 1.165) is 19.1 Å². The number of nitrogens with zero attached hydrogens (tertiary/aromatic N) is 1. The van der Waals surface area contributed by atoms with Crippen LogP contribution in [0.5, 0.6) is 0 Å². The second-order valence-electron chi connectivity index (χ2n) is 6.39. The third-order valence-corrected chi connectivity index (χ3v) is 4.83. The molecule has 1 unspecified atom stereocenters. The van der Waals surface area contributed by atoms with Crippen LogP contribution in [0.3, 0.4) is 0 Å². The Balaban J connectivity index is 1.78. The van der Waals surface area contributed by atoms with Crippen molar-refractivity contribution in [3.05, 3.63) is 0 Å². The van der Waals surface area contributed by atoms with Crippen molar-refractivity contribution in [1.29, 1.82) is 0 Å². The van der Waals surface area contributed by atoms with E-state index in [0.29, 0.717) is 5.41 Å². The fourth-order valence-corrected chi connectivity index (χ4v) is 3.59. The van der Waals surface area contributed by atoms with Crippen LogP contribution in [-0.4, -0.2) is 51.3 Å². The van der Waals surface area contributed by atoms with Gasteiger partial charge in [0.15, 0.2) is 0 Å². The second kappa shape index (κ2) is 6.88. The summed E-state index contributed by atoms with van der Waals surface area (Å²) in [4.78, 5) is 2.58. The van der Waals surface area contributed by atoms with Crippen LogP contribution in [0.25, 0.3) is 0 Å². The first-order valence-corrected chi connectivity index (χ1v) is 7.71. The molecule has 0 spiro atoms. The lowest BCUT2D eigenvalue weighted by atomic mass is 9.78. The quantitative estimate of drug-likeness (QED) is 0.813. The maximum Gasteiger partial charge on any atom is 0.0469 e. The van der Waals surface area contributed by atoms with Gasteiger partial charge >= 0.3 is 0 Å². The van der Waals surface area contributed by atoms with Crippen molar-refractivity contribution < 1.29 is 4.74 Å². The van der Waals surface area contributed by atoms with Gasteiger partial charge in [-0.05, 0) is 57.0 Å². The summed E-state index contributed by atoms with van der Waals surface area (Å²) in [5.41, 5.74) is 0.526. The molecule has 0 saturated carbocycles. The molecule has 2 aliphatic rings. The van der Waals surface area contributed by atoms with E-state index in [1.54, 1.807) is 0 Å². The SMILES string of the molecule is CCC1(CN(C)CC2CCOCC2)CCCNC1. The van der Waals surface area contributed by atoms with Crippen LogP contribution in [0.15, 0.2) is 0 Å². The number of rotatable bonds is 5.